The van der Waals surface area contributed by atoms with E-state index in [0.29, 0.717) is 47.8 Å². The summed E-state index contributed by atoms with van der Waals surface area (Å²) in [6, 6.07) is 15.6. The first-order valence-electron chi connectivity index (χ1n) is 12.0. The van der Waals surface area contributed by atoms with E-state index >= 15 is 0 Å². The number of nitrogens with one attached hydrogen (secondary N) is 1. The van der Waals surface area contributed by atoms with E-state index in [1.54, 1.807) is 20.3 Å². The highest BCUT2D eigenvalue weighted by Gasteiger charge is 2.42. The van der Waals surface area contributed by atoms with E-state index in [1.165, 1.54) is 0 Å². The van der Waals surface area contributed by atoms with E-state index < -0.39 is 11.9 Å². The van der Waals surface area contributed by atoms with Crippen LogP contribution in [0.15, 0.2) is 71.1 Å². The van der Waals surface area contributed by atoms with Crippen LogP contribution in [0.1, 0.15) is 56.6 Å². The summed E-state index contributed by atoms with van der Waals surface area (Å²) >= 11 is 0. The van der Waals surface area contributed by atoms with Crippen LogP contribution in [0.25, 0.3) is 0 Å². The fourth-order valence-electron chi connectivity index (χ4n) is 4.96. The second-order valence-electron chi connectivity index (χ2n) is 9.53. The average Bonchev–Trinajstić information content (AvgIpc) is 2.86. The van der Waals surface area contributed by atoms with Crippen molar-refractivity contribution >= 4 is 11.8 Å². The molecule has 0 saturated heterocycles. The van der Waals surface area contributed by atoms with E-state index in [4.69, 9.17) is 14.2 Å². The summed E-state index contributed by atoms with van der Waals surface area (Å²) in [6.07, 6.45) is 1.07. The number of Topliss-reactive ketones (excluding diaryl/α,β-unsaturated/α-hetero) is 1. The van der Waals surface area contributed by atoms with Crippen molar-refractivity contribution in [3.63, 3.8) is 0 Å². The molecule has 0 spiro atoms. The molecule has 0 amide bonds. The molecule has 2 aromatic rings. The first kappa shape index (κ1) is 24.6. The molecule has 0 unspecified atom stereocenters. The van der Waals surface area contributed by atoms with Crippen molar-refractivity contribution < 1.29 is 23.8 Å². The lowest BCUT2D eigenvalue weighted by molar-refractivity contribution is -0.140. The fourth-order valence-corrected chi connectivity index (χ4v) is 4.96. The first-order chi connectivity index (χ1) is 16.8. The summed E-state index contributed by atoms with van der Waals surface area (Å²) in [7, 11) is 3.17. The largest absolute Gasteiger partial charge is 0.497 e. The molecular weight excluding hydrogens is 442 g/mol. The highest BCUT2D eigenvalue weighted by molar-refractivity contribution is 6.04. The zero-order valence-corrected chi connectivity index (χ0v) is 21.0. The van der Waals surface area contributed by atoms with Gasteiger partial charge in [0.1, 0.15) is 11.5 Å². The van der Waals surface area contributed by atoms with E-state index in [0.717, 1.165) is 16.8 Å². The molecule has 0 saturated carbocycles. The summed E-state index contributed by atoms with van der Waals surface area (Å²) in [5, 5.41) is 3.40. The average molecular weight is 476 g/mol. The van der Waals surface area contributed by atoms with Crippen LogP contribution in [0, 0.1) is 5.92 Å². The molecule has 184 valence electrons. The van der Waals surface area contributed by atoms with Gasteiger partial charge < -0.3 is 19.5 Å². The molecule has 0 bridgehead atoms. The lowest BCUT2D eigenvalue weighted by atomic mass is 9.71. The van der Waals surface area contributed by atoms with Gasteiger partial charge in [0.2, 0.25) is 0 Å². The number of esters is 1. The molecule has 6 nitrogen and oxygen atoms in total. The quantitative estimate of drug-likeness (QED) is 0.551. The summed E-state index contributed by atoms with van der Waals surface area (Å²) in [6.45, 7) is 6.16. The van der Waals surface area contributed by atoms with Gasteiger partial charge in [-0.3, -0.25) is 4.79 Å². The van der Waals surface area contributed by atoms with Crippen molar-refractivity contribution in [1.82, 2.24) is 5.32 Å². The topological polar surface area (TPSA) is 73.9 Å². The van der Waals surface area contributed by atoms with Gasteiger partial charge in [-0.15, -0.1) is 0 Å². The van der Waals surface area contributed by atoms with Gasteiger partial charge in [0, 0.05) is 35.0 Å². The van der Waals surface area contributed by atoms with Crippen LogP contribution in [0.3, 0.4) is 0 Å². The number of carbonyl (C=O) groups excluding carboxylic acids is 2. The van der Waals surface area contributed by atoms with Gasteiger partial charge in [-0.25, -0.2) is 4.79 Å². The third-order valence-corrected chi connectivity index (χ3v) is 6.62. The van der Waals surface area contributed by atoms with Crippen LogP contribution in [-0.4, -0.2) is 32.6 Å². The van der Waals surface area contributed by atoms with Gasteiger partial charge in [-0.1, -0.05) is 50.2 Å². The van der Waals surface area contributed by atoms with Gasteiger partial charge in [0.05, 0.1) is 32.3 Å². The first-order valence-corrected chi connectivity index (χ1v) is 12.0. The van der Waals surface area contributed by atoms with Crippen LogP contribution in [0.2, 0.25) is 0 Å². The maximum atomic E-state index is 13.7. The van der Waals surface area contributed by atoms with Crippen molar-refractivity contribution in [2.24, 2.45) is 5.92 Å². The molecule has 1 N–H and O–H groups in total. The highest BCUT2D eigenvalue weighted by atomic mass is 16.5. The van der Waals surface area contributed by atoms with E-state index in [-0.39, 0.29) is 17.6 Å². The Labute approximate surface area is 207 Å². The van der Waals surface area contributed by atoms with Crippen LogP contribution in [0.5, 0.6) is 11.5 Å². The van der Waals surface area contributed by atoms with Crippen molar-refractivity contribution in [3.05, 3.63) is 82.2 Å². The number of ketones is 1. The van der Waals surface area contributed by atoms with Gasteiger partial charge in [0.25, 0.3) is 0 Å². The SMILES string of the molecule is COc1ccc([C@H]2C(C(=O)OCC(C)C)=C(C)NC3=C2C(=O)C[C@H](c2ccccc2)C3)c(OC)c1. The normalized spacial score (nSPS) is 19.9. The van der Waals surface area contributed by atoms with Crippen molar-refractivity contribution in [2.45, 2.75) is 45.4 Å². The molecule has 0 fully saturated rings. The Balaban J connectivity index is 1.82. The van der Waals surface area contributed by atoms with E-state index in [1.807, 2.05) is 51.1 Å². The molecule has 2 aromatic carbocycles. The van der Waals surface area contributed by atoms with E-state index in [2.05, 4.69) is 17.4 Å². The Bertz CT molecular complexity index is 1180. The Hall–Kier alpha value is -3.54. The second kappa shape index (κ2) is 10.4. The van der Waals surface area contributed by atoms with Gasteiger partial charge in [-0.05, 0) is 36.8 Å². The van der Waals surface area contributed by atoms with Gasteiger partial charge in [0.15, 0.2) is 5.78 Å². The Morgan fingerprint density at radius 3 is 2.46 bits per heavy atom. The third kappa shape index (κ3) is 4.97. The van der Waals surface area contributed by atoms with Crippen molar-refractivity contribution in [1.29, 1.82) is 0 Å². The Kier molecular flexibility index (Phi) is 7.29. The summed E-state index contributed by atoms with van der Waals surface area (Å²) in [5.74, 6) is 0.489. The van der Waals surface area contributed by atoms with Crippen LogP contribution >= 0.6 is 0 Å². The lowest BCUT2D eigenvalue weighted by Crippen LogP contribution is -2.36. The molecule has 2 aliphatic rings. The fraction of sp³-hybridized carbons (Fsp3) is 0.379. The molecule has 4 rings (SSSR count). The Morgan fingerprint density at radius 2 is 1.80 bits per heavy atom. The highest BCUT2D eigenvalue weighted by Crippen LogP contribution is 2.48. The van der Waals surface area contributed by atoms with Gasteiger partial charge in [-0.2, -0.15) is 0 Å². The van der Waals surface area contributed by atoms with Crippen LogP contribution in [-0.2, 0) is 14.3 Å². The summed E-state index contributed by atoms with van der Waals surface area (Å²) < 4.78 is 16.7. The second-order valence-corrected chi connectivity index (χ2v) is 9.53. The number of ether oxygens (including phenoxy) is 3. The van der Waals surface area contributed by atoms with E-state index in [9.17, 15) is 9.59 Å². The zero-order chi connectivity index (χ0) is 25.1. The molecule has 0 radical (unpaired) electrons. The number of allylic oxidation sites excluding steroid dienone is 3. The third-order valence-electron chi connectivity index (χ3n) is 6.62. The minimum atomic E-state index is -0.587. The maximum absolute atomic E-state index is 13.7. The molecule has 1 aliphatic heterocycles. The number of hydrogen-bond donors (Lipinski definition) is 1. The molecule has 6 heteroatoms. The van der Waals surface area contributed by atoms with Crippen LogP contribution < -0.4 is 14.8 Å². The molecule has 35 heavy (non-hydrogen) atoms. The van der Waals surface area contributed by atoms with Crippen molar-refractivity contribution in [2.75, 3.05) is 20.8 Å². The number of rotatable bonds is 7. The molecule has 0 aromatic heterocycles. The van der Waals surface area contributed by atoms with Crippen molar-refractivity contribution in [3.8, 4) is 11.5 Å². The maximum Gasteiger partial charge on any atom is 0.336 e. The lowest BCUT2D eigenvalue weighted by Gasteiger charge is -2.37. The van der Waals surface area contributed by atoms with Gasteiger partial charge >= 0.3 is 5.97 Å². The molecule has 2 atom stereocenters. The summed E-state index contributed by atoms with van der Waals surface area (Å²) in [5.41, 5.74) is 4.49. The monoisotopic (exact) mass is 475 g/mol. The minimum Gasteiger partial charge on any atom is -0.497 e. The predicted octanol–water partition coefficient (Wildman–Crippen LogP) is 5.26. The minimum absolute atomic E-state index is 0.0251. The number of benzene rings is 2. The zero-order valence-electron chi connectivity index (χ0n) is 21.0. The standard InChI is InChI=1S/C29H33NO5/c1-17(2)16-35-29(32)26-18(3)30-23-13-20(19-9-7-6-8-10-19)14-24(31)28(23)27(26)22-12-11-21(33-4)15-25(22)34-5/h6-12,15,17,20,27,30H,13-14,16H2,1-5H3/t20-,27+/m1/s1. The number of methoxy groups -OCH3 is 2. The summed E-state index contributed by atoms with van der Waals surface area (Å²) in [4.78, 5) is 27.1. The molecule has 1 aliphatic carbocycles. The predicted molar refractivity (Wildman–Crippen MR) is 134 cm³/mol. The molecule has 1 heterocycles. The molecular formula is C29H33NO5. The number of hydrogen-bond acceptors (Lipinski definition) is 6. The number of dihydropyridines is 1. The smallest absolute Gasteiger partial charge is 0.336 e. The number of carbonyl (C=O) groups is 2. The Morgan fingerprint density at radius 1 is 1.06 bits per heavy atom. The van der Waals surface area contributed by atoms with Crippen LogP contribution in [0.4, 0.5) is 0 Å².